The lowest BCUT2D eigenvalue weighted by atomic mass is 10.1. The van der Waals surface area contributed by atoms with Crippen LogP contribution in [0, 0.1) is 0 Å². The molecule has 0 aliphatic carbocycles. The zero-order valence-electron chi connectivity index (χ0n) is 9.97. The molecule has 2 nitrogen and oxygen atoms in total. The maximum Gasteiger partial charge on any atom is 0.169 e. The summed E-state index contributed by atoms with van der Waals surface area (Å²) in [6.45, 7) is 0. The highest BCUT2D eigenvalue weighted by molar-refractivity contribution is 9.10. The summed E-state index contributed by atoms with van der Waals surface area (Å²) in [5.74, 6) is 2.01. The van der Waals surface area contributed by atoms with Crippen LogP contribution < -0.4 is 0 Å². The van der Waals surface area contributed by atoms with Crippen LogP contribution in [-0.2, 0) is 5.75 Å². The molecule has 0 aliphatic rings. The molecule has 0 amide bonds. The first-order chi connectivity index (χ1) is 9.24. The van der Waals surface area contributed by atoms with Crippen molar-refractivity contribution in [2.45, 2.75) is 10.6 Å². The van der Waals surface area contributed by atoms with E-state index in [2.05, 4.69) is 15.9 Å². The predicted molar refractivity (Wildman–Crippen MR) is 81.6 cm³/mol. The minimum absolute atomic E-state index is 0.320. The molecule has 0 radical (unpaired) electrons. The van der Waals surface area contributed by atoms with Crippen LogP contribution in [0.4, 0.5) is 0 Å². The lowest BCUT2D eigenvalue weighted by Gasteiger charge is -2.06. The van der Waals surface area contributed by atoms with Crippen molar-refractivity contribution in [2.75, 3.05) is 0 Å². The van der Waals surface area contributed by atoms with E-state index in [1.807, 2.05) is 42.5 Å². The monoisotopic (exact) mass is 334 g/mol. The molecule has 0 bridgehead atoms. The van der Waals surface area contributed by atoms with Crippen LogP contribution in [0.5, 0.6) is 5.75 Å². The van der Waals surface area contributed by atoms with E-state index in [0.717, 1.165) is 31.9 Å². The molecule has 0 fully saturated rings. The van der Waals surface area contributed by atoms with Crippen molar-refractivity contribution in [1.82, 2.24) is 0 Å². The fourth-order valence-corrected chi connectivity index (χ4v) is 3.25. The molecular formula is C15H11BrO2S. The molecule has 2 aromatic carbocycles. The van der Waals surface area contributed by atoms with Gasteiger partial charge in [0.15, 0.2) is 4.67 Å². The number of hydrogen-bond acceptors (Lipinski definition) is 3. The zero-order chi connectivity index (χ0) is 13.2. The summed E-state index contributed by atoms with van der Waals surface area (Å²) in [5.41, 5.74) is 0. The molecule has 0 spiro atoms. The smallest absolute Gasteiger partial charge is 0.169 e. The third-order valence-electron chi connectivity index (χ3n) is 2.86. The van der Waals surface area contributed by atoms with Gasteiger partial charge in [-0.3, -0.25) is 0 Å². The maximum absolute atomic E-state index is 9.85. The number of furan rings is 1. The summed E-state index contributed by atoms with van der Waals surface area (Å²) in [6, 6.07) is 15.4. The van der Waals surface area contributed by atoms with E-state index in [0.29, 0.717) is 5.75 Å². The molecule has 1 N–H and O–H groups in total. The van der Waals surface area contributed by atoms with E-state index in [4.69, 9.17) is 4.42 Å². The summed E-state index contributed by atoms with van der Waals surface area (Å²) in [7, 11) is 0. The molecule has 4 heteroatoms. The maximum atomic E-state index is 9.85. The highest BCUT2D eigenvalue weighted by Gasteiger charge is 2.07. The van der Waals surface area contributed by atoms with Crippen molar-refractivity contribution in [3.63, 3.8) is 0 Å². The fraction of sp³-hybridized carbons (Fsp3) is 0.0667. The van der Waals surface area contributed by atoms with Crippen LogP contribution in [0.1, 0.15) is 5.76 Å². The van der Waals surface area contributed by atoms with Gasteiger partial charge >= 0.3 is 0 Å². The Hall–Kier alpha value is -1.39. The van der Waals surface area contributed by atoms with Gasteiger partial charge in [0.2, 0.25) is 0 Å². The van der Waals surface area contributed by atoms with Gasteiger partial charge in [0.1, 0.15) is 11.5 Å². The van der Waals surface area contributed by atoms with Gasteiger partial charge < -0.3 is 9.52 Å². The largest absolute Gasteiger partial charge is 0.507 e. The molecule has 19 heavy (non-hydrogen) atoms. The van der Waals surface area contributed by atoms with E-state index >= 15 is 0 Å². The second-order valence-electron chi connectivity index (χ2n) is 4.12. The summed E-state index contributed by atoms with van der Waals surface area (Å²) in [6.07, 6.45) is 0. The van der Waals surface area contributed by atoms with E-state index in [1.165, 1.54) is 0 Å². The first-order valence-corrected chi connectivity index (χ1v) is 7.59. The normalized spacial score (nSPS) is 11.0. The van der Waals surface area contributed by atoms with Gasteiger partial charge in [-0.25, -0.2) is 0 Å². The molecule has 1 aromatic heterocycles. The topological polar surface area (TPSA) is 33.4 Å². The zero-order valence-corrected chi connectivity index (χ0v) is 12.4. The Morgan fingerprint density at radius 1 is 1.00 bits per heavy atom. The van der Waals surface area contributed by atoms with Crippen molar-refractivity contribution in [2.24, 2.45) is 0 Å². The van der Waals surface area contributed by atoms with Crippen LogP contribution in [0.15, 0.2) is 62.5 Å². The second-order valence-corrected chi connectivity index (χ2v) is 5.92. The van der Waals surface area contributed by atoms with Gasteiger partial charge in [-0.05, 0) is 45.6 Å². The molecule has 0 unspecified atom stereocenters. The minimum Gasteiger partial charge on any atom is -0.507 e. The number of halogens is 1. The lowest BCUT2D eigenvalue weighted by Crippen LogP contribution is -1.80. The van der Waals surface area contributed by atoms with Crippen molar-refractivity contribution >= 4 is 38.5 Å². The minimum atomic E-state index is 0.320. The number of benzene rings is 2. The molecule has 0 saturated heterocycles. The van der Waals surface area contributed by atoms with E-state index < -0.39 is 0 Å². The van der Waals surface area contributed by atoms with Gasteiger partial charge in [0.25, 0.3) is 0 Å². The summed E-state index contributed by atoms with van der Waals surface area (Å²) < 4.78 is 6.24. The first kappa shape index (κ1) is 12.6. The number of phenolic OH excluding ortho intramolecular Hbond substituents is 1. The van der Waals surface area contributed by atoms with Gasteiger partial charge in [0.05, 0.1) is 5.75 Å². The lowest BCUT2D eigenvalue weighted by molar-refractivity contribution is 0.481. The van der Waals surface area contributed by atoms with Crippen LogP contribution in [0.25, 0.3) is 10.8 Å². The van der Waals surface area contributed by atoms with E-state index in [1.54, 1.807) is 17.8 Å². The number of hydrogen-bond donors (Lipinski definition) is 1. The number of thioether (sulfide) groups is 1. The Morgan fingerprint density at radius 2 is 1.79 bits per heavy atom. The highest BCUT2D eigenvalue weighted by atomic mass is 79.9. The van der Waals surface area contributed by atoms with Crippen molar-refractivity contribution < 1.29 is 9.52 Å². The number of fused-ring (bicyclic) bond motifs is 1. The summed E-state index contributed by atoms with van der Waals surface area (Å²) in [4.78, 5) is 1.14. The first-order valence-electron chi connectivity index (χ1n) is 5.82. The Labute approximate surface area is 123 Å². The third kappa shape index (κ3) is 2.65. The number of phenols is 1. The van der Waals surface area contributed by atoms with Gasteiger partial charge in [-0.2, -0.15) is 0 Å². The Kier molecular flexibility index (Phi) is 3.53. The molecular weight excluding hydrogens is 324 g/mol. The molecule has 0 atom stereocenters. The van der Waals surface area contributed by atoms with Crippen LogP contribution >= 0.6 is 27.7 Å². The van der Waals surface area contributed by atoms with Gasteiger partial charge in [-0.15, -0.1) is 11.8 Å². The van der Waals surface area contributed by atoms with Crippen molar-refractivity contribution in [3.8, 4) is 5.75 Å². The molecule has 96 valence electrons. The Morgan fingerprint density at radius 3 is 2.53 bits per heavy atom. The average molecular weight is 335 g/mol. The Bertz CT molecular complexity index is 721. The molecule has 1 heterocycles. The third-order valence-corrected chi connectivity index (χ3v) is 4.38. The SMILES string of the molecule is Oc1ccc(SCc2ccc(Br)o2)c2ccccc12. The summed E-state index contributed by atoms with van der Waals surface area (Å²) >= 11 is 5.00. The van der Waals surface area contributed by atoms with Gasteiger partial charge in [0, 0.05) is 10.3 Å². The van der Waals surface area contributed by atoms with Crippen molar-refractivity contribution in [1.29, 1.82) is 0 Å². The predicted octanol–water partition coefficient (Wildman–Crippen LogP) is 5.19. The van der Waals surface area contributed by atoms with Crippen LogP contribution in [0.2, 0.25) is 0 Å². The van der Waals surface area contributed by atoms with E-state index in [-0.39, 0.29) is 0 Å². The average Bonchev–Trinajstić information content (AvgIpc) is 2.84. The quantitative estimate of drug-likeness (QED) is 0.669. The van der Waals surface area contributed by atoms with Gasteiger partial charge in [-0.1, -0.05) is 24.3 Å². The fourth-order valence-electron chi connectivity index (χ4n) is 1.96. The standard InChI is InChI=1S/C15H11BrO2S/c16-15-8-5-10(18-15)9-19-14-7-6-13(17)11-3-1-2-4-12(11)14/h1-8,17H,9H2. The molecule has 0 saturated carbocycles. The highest BCUT2D eigenvalue weighted by Crippen LogP contribution is 2.35. The van der Waals surface area contributed by atoms with E-state index in [9.17, 15) is 5.11 Å². The molecule has 3 rings (SSSR count). The number of aromatic hydroxyl groups is 1. The molecule has 3 aromatic rings. The van der Waals surface area contributed by atoms with Crippen LogP contribution in [0.3, 0.4) is 0 Å². The van der Waals surface area contributed by atoms with Crippen molar-refractivity contribution in [3.05, 3.63) is 59.0 Å². The summed E-state index contributed by atoms with van der Waals surface area (Å²) in [5, 5.41) is 11.8. The number of rotatable bonds is 3. The molecule has 0 aliphatic heterocycles. The Balaban J connectivity index is 1.91. The van der Waals surface area contributed by atoms with Crippen LogP contribution in [-0.4, -0.2) is 5.11 Å². The second kappa shape index (κ2) is 5.31.